The lowest BCUT2D eigenvalue weighted by Gasteiger charge is -2.13. The number of aryl methyl sites for hydroxylation is 1. The van der Waals surface area contributed by atoms with Crippen molar-refractivity contribution >= 4 is 12.0 Å². The lowest BCUT2D eigenvalue weighted by Crippen LogP contribution is -2.27. The SMILES string of the molecule is Cc1ccccc1C(O)CNC(=O)/C=C/c1c(F)cccc1F. The van der Waals surface area contributed by atoms with Crippen LogP contribution in [-0.4, -0.2) is 17.6 Å². The van der Waals surface area contributed by atoms with Gasteiger partial charge in [0, 0.05) is 18.2 Å². The van der Waals surface area contributed by atoms with E-state index >= 15 is 0 Å². The minimum absolute atomic E-state index is 0.00772. The average molecular weight is 317 g/mol. The summed E-state index contributed by atoms with van der Waals surface area (Å²) in [5, 5.41) is 12.6. The molecule has 5 heteroatoms. The van der Waals surface area contributed by atoms with Crippen LogP contribution in [0.25, 0.3) is 6.08 Å². The second-order valence-corrected chi connectivity index (χ2v) is 5.09. The predicted molar refractivity (Wildman–Crippen MR) is 84.5 cm³/mol. The molecule has 0 aromatic heterocycles. The number of hydrogen-bond donors (Lipinski definition) is 2. The van der Waals surface area contributed by atoms with Gasteiger partial charge in [0.25, 0.3) is 0 Å². The van der Waals surface area contributed by atoms with Crippen LogP contribution in [0.4, 0.5) is 8.78 Å². The summed E-state index contributed by atoms with van der Waals surface area (Å²) in [7, 11) is 0. The zero-order valence-electron chi connectivity index (χ0n) is 12.6. The van der Waals surface area contributed by atoms with Gasteiger partial charge in [-0.05, 0) is 36.3 Å². The summed E-state index contributed by atoms with van der Waals surface area (Å²) in [6, 6.07) is 10.8. The largest absolute Gasteiger partial charge is 0.387 e. The summed E-state index contributed by atoms with van der Waals surface area (Å²) in [6.45, 7) is 1.87. The molecule has 3 nitrogen and oxygen atoms in total. The Morgan fingerprint density at radius 2 is 1.83 bits per heavy atom. The minimum Gasteiger partial charge on any atom is -0.387 e. The number of aliphatic hydroxyl groups excluding tert-OH is 1. The monoisotopic (exact) mass is 317 g/mol. The standard InChI is InChI=1S/C18H17F2NO2/c1-12-5-2-3-6-13(12)17(22)11-21-18(23)10-9-14-15(19)7-4-8-16(14)20/h2-10,17,22H,11H2,1H3,(H,21,23)/b10-9+. The fraction of sp³-hybridized carbons (Fsp3) is 0.167. The molecule has 0 heterocycles. The lowest BCUT2D eigenvalue weighted by molar-refractivity contribution is -0.116. The predicted octanol–water partition coefficient (Wildman–Crippen LogP) is 3.14. The van der Waals surface area contributed by atoms with E-state index in [9.17, 15) is 18.7 Å². The summed E-state index contributed by atoms with van der Waals surface area (Å²) in [4.78, 5) is 11.7. The number of carbonyl (C=O) groups is 1. The first kappa shape index (κ1) is 16.8. The quantitative estimate of drug-likeness (QED) is 0.832. The van der Waals surface area contributed by atoms with E-state index in [0.29, 0.717) is 0 Å². The molecule has 0 aliphatic carbocycles. The Kier molecular flexibility index (Phi) is 5.60. The third-order valence-electron chi connectivity index (χ3n) is 3.42. The third-order valence-corrected chi connectivity index (χ3v) is 3.42. The van der Waals surface area contributed by atoms with Crippen LogP contribution in [0.15, 0.2) is 48.5 Å². The van der Waals surface area contributed by atoms with Gasteiger partial charge in [0.15, 0.2) is 0 Å². The highest BCUT2D eigenvalue weighted by molar-refractivity contribution is 5.91. The van der Waals surface area contributed by atoms with Crippen LogP contribution in [0.3, 0.4) is 0 Å². The second kappa shape index (κ2) is 7.65. The number of hydrogen-bond acceptors (Lipinski definition) is 2. The Hall–Kier alpha value is -2.53. The summed E-state index contributed by atoms with van der Waals surface area (Å²) in [6.07, 6.45) is 1.26. The van der Waals surface area contributed by atoms with Crippen molar-refractivity contribution in [2.24, 2.45) is 0 Å². The minimum atomic E-state index is -0.848. The molecule has 1 atom stereocenters. The molecule has 1 amide bonds. The number of carbonyl (C=O) groups excluding carboxylic acids is 1. The molecule has 120 valence electrons. The highest BCUT2D eigenvalue weighted by atomic mass is 19.1. The molecule has 2 rings (SSSR count). The number of aliphatic hydroxyl groups is 1. The van der Waals surface area contributed by atoms with E-state index < -0.39 is 23.6 Å². The summed E-state index contributed by atoms with van der Waals surface area (Å²) >= 11 is 0. The van der Waals surface area contributed by atoms with Gasteiger partial charge in [0.2, 0.25) is 5.91 Å². The van der Waals surface area contributed by atoms with E-state index in [1.807, 2.05) is 19.1 Å². The van der Waals surface area contributed by atoms with E-state index in [2.05, 4.69) is 5.32 Å². The average Bonchev–Trinajstić information content (AvgIpc) is 2.52. The zero-order valence-corrected chi connectivity index (χ0v) is 12.6. The highest BCUT2D eigenvalue weighted by Gasteiger charge is 2.11. The summed E-state index contributed by atoms with van der Waals surface area (Å²) < 4.78 is 26.8. The first-order valence-electron chi connectivity index (χ1n) is 7.12. The molecule has 0 spiro atoms. The third kappa shape index (κ3) is 4.47. The van der Waals surface area contributed by atoms with Crippen molar-refractivity contribution in [3.05, 3.63) is 76.9 Å². The molecule has 1 unspecified atom stereocenters. The van der Waals surface area contributed by atoms with Gasteiger partial charge in [0.05, 0.1) is 6.10 Å². The topological polar surface area (TPSA) is 49.3 Å². The molecule has 0 bridgehead atoms. The van der Waals surface area contributed by atoms with Crippen molar-refractivity contribution in [1.82, 2.24) is 5.32 Å². The van der Waals surface area contributed by atoms with Crippen LogP contribution in [-0.2, 0) is 4.79 Å². The molecule has 0 aliphatic heterocycles. The van der Waals surface area contributed by atoms with Crippen LogP contribution < -0.4 is 5.32 Å². The fourth-order valence-corrected chi connectivity index (χ4v) is 2.16. The molecular weight excluding hydrogens is 300 g/mol. The molecule has 2 aromatic carbocycles. The van der Waals surface area contributed by atoms with Gasteiger partial charge < -0.3 is 10.4 Å². The molecule has 0 aliphatic rings. The Labute approximate surface area is 133 Å². The first-order valence-corrected chi connectivity index (χ1v) is 7.12. The van der Waals surface area contributed by atoms with Crippen molar-refractivity contribution in [2.45, 2.75) is 13.0 Å². The Morgan fingerprint density at radius 3 is 2.48 bits per heavy atom. The summed E-state index contributed by atoms with van der Waals surface area (Å²) in [5.74, 6) is -2.02. The van der Waals surface area contributed by atoms with Crippen LogP contribution in [0.5, 0.6) is 0 Å². The van der Waals surface area contributed by atoms with Crippen molar-refractivity contribution in [3.8, 4) is 0 Å². The number of benzene rings is 2. The molecule has 2 aromatic rings. The molecule has 0 radical (unpaired) electrons. The van der Waals surface area contributed by atoms with E-state index in [1.165, 1.54) is 6.07 Å². The Bertz CT molecular complexity index is 708. The number of nitrogens with one attached hydrogen (secondary N) is 1. The zero-order chi connectivity index (χ0) is 16.8. The molecule has 0 saturated carbocycles. The van der Waals surface area contributed by atoms with Crippen LogP contribution in [0, 0.1) is 18.6 Å². The van der Waals surface area contributed by atoms with Crippen LogP contribution in [0.1, 0.15) is 22.8 Å². The number of halogens is 2. The first-order chi connectivity index (χ1) is 11.0. The van der Waals surface area contributed by atoms with Crippen molar-refractivity contribution in [3.63, 3.8) is 0 Å². The second-order valence-electron chi connectivity index (χ2n) is 5.09. The maximum atomic E-state index is 13.4. The van der Waals surface area contributed by atoms with Gasteiger partial charge in [-0.1, -0.05) is 30.3 Å². The number of rotatable bonds is 5. The molecule has 0 fully saturated rings. The van der Waals surface area contributed by atoms with Crippen LogP contribution >= 0.6 is 0 Å². The molecule has 0 saturated heterocycles. The van der Waals surface area contributed by atoms with Gasteiger partial charge in [-0.2, -0.15) is 0 Å². The normalized spacial score (nSPS) is 12.3. The van der Waals surface area contributed by atoms with Gasteiger partial charge in [-0.3, -0.25) is 4.79 Å². The maximum Gasteiger partial charge on any atom is 0.244 e. The maximum absolute atomic E-state index is 13.4. The van der Waals surface area contributed by atoms with E-state index in [4.69, 9.17) is 0 Å². The van der Waals surface area contributed by atoms with Gasteiger partial charge >= 0.3 is 0 Å². The molecule has 23 heavy (non-hydrogen) atoms. The highest BCUT2D eigenvalue weighted by Crippen LogP contribution is 2.16. The van der Waals surface area contributed by atoms with Crippen LogP contribution in [0.2, 0.25) is 0 Å². The number of amides is 1. The molecular formula is C18H17F2NO2. The van der Waals surface area contributed by atoms with Gasteiger partial charge in [-0.15, -0.1) is 0 Å². The lowest BCUT2D eigenvalue weighted by atomic mass is 10.0. The smallest absolute Gasteiger partial charge is 0.244 e. The van der Waals surface area contributed by atoms with E-state index in [1.54, 1.807) is 12.1 Å². The van der Waals surface area contributed by atoms with E-state index in [0.717, 1.165) is 35.4 Å². The molecule has 2 N–H and O–H groups in total. The van der Waals surface area contributed by atoms with E-state index in [-0.39, 0.29) is 12.1 Å². The van der Waals surface area contributed by atoms with Crippen molar-refractivity contribution < 1.29 is 18.7 Å². The summed E-state index contributed by atoms with van der Waals surface area (Å²) in [5.41, 5.74) is 1.36. The van der Waals surface area contributed by atoms with Crippen molar-refractivity contribution in [1.29, 1.82) is 0 Å². The Balaban J connectivity index is 1.95. The van der Waals surface area contributed by atoms with Gasteiger partial charge in [-0.25, -0.2) is 8.78 Å². The fourth-order valence-electron chi connectivity index (χ4n) is 2.16. The van der Waals surface area contributed by atoms with Crippen molar-refractivity contribution in [2.75, 3.05) is 6.54 Å². The Morgan fingerprint density at radius 1 is 1.17 bits per heavy atom. The van der Waals surface area contributed by atoms with Gasteiger partial charge in [0.1, 0.15) is 11.6 Å².